The molecule has 0 saturated carbocycles. The Bertz CT molecular complexity index is 431. The second kappa shape index (κ2) is 6.60. The largest absolute Gasteiger partial charge is 0.367 e. The predicted octanol–water partition coefficient (Wildman–Crippen LogP) is 2.74. The minimum absolute atomic E-state index is 0.182. The van der Waals surface area contributed by atoms with Crippen LogP contribution in [0.1, 0.15) is 38.7 Å². The summed E-state index contributed by atoms with van der Waals surface area (Å²) in [6.45, 7) is 5.99. The summed E-state index contributed by atoms with van der Waals surface area (Å²) in [5.74, 6) is 0.182. The molecule has 1 heterocycles. The zero-order chi connectivity index (χ0) is 13.7. The van der Waals surface area contributed by atoms with E-state index in [2.05, 4.69) is 48.3 Å². The van der Waals surface area contributed by atoms with E-state index in [0.717, 1.165) is 32.4 Å². The van der Waals surface area contributed by atoms with Gasteiger partial charge in [0.25, 0.3) is 0 Å². The molecule has 0 aliphatic carbocycles. The normalized spacial score (nSPS) is 17.4. The lowest BCUT2D eigenvalue weighted by atomic mass is 10.1. The minimum atomic E-state index is 0.182. The SMILES string of the molecule is CCCCC(=O)NCCN1c2ccccc2CC1C. The molecule has 0 fully saturated rings. The second-order valence-electron chi connectivity index (χ2n) is 5.33. The molecule has 0 spiro atoms. The first-order chi connectivity index (χ1) is 9.22. The molecule has 1 amide bonds. The topological polar surface area (TPSA) is 32.3 Å². The lowest BCUT2D eigenvalue weighted by Gasteiger charge is -2.25. The van der Waals surface area contributed by atoms with Gasteiger partial charge in [0, 0.05) is 31.2 Å². The molecule has 0 saturated heterocycles. The number of nitrogens with zero attached hydrogens (tertiary/aromatic N) is 1. The van der Waals surface area contributed by atoms with Crippen molar-refractivity contribution in [3.8, 4) is 0 Å². The van der Waals surface area contributed by atoms with Crippen molar-refractivity contribution in [2.24, 2.45) is 0 Å². The first kappa shape index (κ1) is 13.9. The number of para-hydroxylation sites is 1. The van der Waals surface area contributed by atoms with Gasteiger partial charge in [-0.15, -0.1) is 0 Å². The molecular weight excluding hydrogens is 236 g/mol. The van der Waals surface area contributed by atoms with E-state index in [9.17, 15) is 4.79 Å². The van der Waals surface area contributed by atoms with Gasteiger partial charge in [0.05, 0.1) is 0 Å². The molecule has 3 nitrogen and oxygen atoms in total. The van der Waals surface area contributed by atoms with Gasteiger partial charge in [-0.05, 0) is 31.4 Å². The lowest BCUT2D eigenvalue weighted by Crippen LogP contribution is -2.37. The van der Waals surface area contributed by atoms with E-state index in [0.29, 0.717) is 12.5 Å². The molecule has 0 radical (unpaired) electrons. The monoisotopic (exact) mass is 260 g/mol. The molecule has 3 heteroatoms. The quantitative estimate of drug-likeness (QED) is 0.853. The molecule has 1 aliphatic rings. The van der Waals surface area contributed by atoms with Crippen molar-refractivity contribution in [1.29, 1.82) is 0 Å². The molecule has 1 unspecified atom stereocenters. The zero-order valence-corrected chi connectivity index (χ0v) is 12.0. The van der Waals surface area contributed by atoms with Crippen LogP contribution >= 0.6 is 0 Å². The van der Waals surface area contributed by atoms with Crippen LogP contribution in [0.2, 0.25) is 0 Å². The fraction of sp³-hybridized carbons (Fsp3) is 0.562. The number of benzene rings is 1. The number of rotatable bonds is 6. The van der Waals surface area contributed by atoms with Gasteiger partial charge in [0.2, 0.25) is 5.91 Å². The number of hydrogen-bond donors (Lipinski definition) is 1. The Labute approximate surface area is 116 Å². The number of anilines is 1. The Morgan fingerprint density at radius 2 is 2.21 bits per heavy atom. The molecule has 1 aliphatic heterocycles. The molecule has 104 valence electrons. The standard InChI is InChI=1S/C16H24N2O/c1-3-4-9-16(19)17-10-11-18-13(2)12-14-7-5-6-8-15(14)18/h5-8,13H,3-4,9-12H2,1-2H3,(H,17,19). The highest BCUT2D eigenvalue weighted by Gasteiger charge is 2.24. The summed E-state index contributed by atoms with van der Waals surface area (Å²) in [5.41, 5.74) is 2.75. The van der Waals surface area contributed by atoms with Crippen LogP contribution in [-0.4, -0.2) is 25.0 Å². The molecule has 1 atom stereocenters. The summed E-state index contributed by atoms with van der Waals surface area (Å²) < 4.78 is 0. The molecule has 2 rings (SSSR count). The maximum atomic E-state index is 11.6. The molecule has 0 aromatic heterocycles. The summed E-state index contributed by atoms with van der Waals surface area (Å²) in [6, 6.07) is 9.10. The number of nitrogens with one attached hydrogen (secondary N) is 1. The maximum Gasteiger partial charge on any atom is 0.220 e. The van der Waals surface area contributed by atoms with Crippen LogP contribution < -0.4 is 10.2 Å². The average molecular weight is 260 g/mol. The van der Waals surface area contributed by atoms with Crippen molar-refractivity contribution >= 4 is 11.6 Å². The minimum Gasteiger partial charge on any atom is -0.367 e. The number of unbranched alkanes of at least 4 members (excludes halogenated alkanes) is 1. The summed E-state index contributed by atoms with van der Waals surface area (Å²) in [5, 5.41) is 3.02. The third kappa shape index (κ3) is 3.49. The highest BCUT2D eigenvalue weighted by molar-refractivity contribution is 5.75. The Hall–Kier alpha value is -1.51. The Morgan fingerprint density at radius 1 is 1.42 bits per heavy atom. The number of amides is 1. The van der Waals surface area contributed by atoms with E-state index >= 15 is 0 Å². The highest BCUT2D eigenvalue weighted by atomic mass is 16.1. The first-order valence-corrected chi connectivity index (χ1v) is 7.33. The van der Waals surface area contributed by atoms with Crippen LogP contribution in [0.3, 0.4) is 0 Å². The molecule has 1 N–H and O–H groups in total. The van der Waals surface area contributed by atoms with E-state index in [1.807, 2.05) is 0 Å². The van der Waals surface area contributed by atoms with Crippen molar-refractivity contribution in [3.63, 3.8) is 0 Å². The van der Waals surface area contributed by atoms with Gasteiger partial charge in [0.15, 0.2) is 0 Å². The second-order valence-corrected chi connectivity index (χ2v) is 5.33. The van der Waals surface area contributed by atoms with Crippen LogP contribution in [0.25, 0.3) is 0 Å². The molecule has 0 bridgehead atoms. The van der Waals surface area contributed by atoms with Gasteiger partial charge in [-0.2, -0.15) is 0 Å². The van der Waals surface area contributed by atoms with Crippen LogP contribution in [0.4, 0.5) is 5.69 Å². The first-order valence-electron chi connectivity index (χ1n) is 7.33. The summed E-state index contributed by atoms with van der Waals surface area (Å²) in [6.07, 6.45) is 3.82. The van der Waals surface area contributed by atoms with E-state index in [4.69, 9.17) is 0 Å². The van der Waals surface area contributed by atoms with Gasteiger partial charge in [0.1, 0.15) is 0 Å². The number of fused-ring (bicyclic) bond motifs is 1. The van der Waals surface area contributed by atoms with E-state index in [-0.39, 0.29) is 5.91 Å². The number of hydrogen-bond acceptors (Lipinski definition) is 2. The molecule has 1 aromatic carbocycles. The third-order valence-corrected chi connectivity index (χ3v) is 3.78. The van der Waals surface area contributed by atoms with Crippen molar-refractivity contribution in [3.05, 3.63) is 29.8 Å². The summed E-state index contributed by atoms with van der Waals surface area (Å²) in [7, 11) is 0. The van der Waals surface area contributed by atoms with Crippen molar-refractivity contribution in [2.45, 2.75) is 45.6 Å². The van der Waals surface area contributed by atoms with E-state index < -0.39 is 0 Å². The Kier molecular flexibility index (Phi) is 4.83. The van der Waals surface area contributed by atoms with Crippen LogP contribution in [0.15, 0.2) is 24.3 Å². The maximum absolute atomic E-state index is 11.6. The fourth-order valence-corrected chi connectivity index (χ4v) is 2.71. The van der Waals surface area contributed by atoms with Crippen molar-refractivity contribution < 1.29 is 4.79 Å². The van der Waals surface area contributed by atoms with Crippen LogP contribution in [0.5, 0.6) is 0 Å². The Morgan fingerprint density at radius 3 is 3.00 bits per heavy atom. The van der Waals surface area contributed by atoms with Crippen LogP contribution in [0, 0.1) is 0 Å². The van der Waals surface area contributed by atoms with E-state index in [1.54, 1.807) is 0 Å². The van der Waals surface area contributed by atoms with Gasteiger partial charge in [-0.3, -0.25) is 4.79 Å². The number of carbonyl (C=O) groups excluding carboxylic acids is 1. The third-order valence-electron chi connectivity index (χ3n) is 3.78. The van der Waals surface area contributed by atoms with Gasteiger partial charge < -0.3 is 10.2 Å². The summed E-state index contributed by atoms with van der Waals surface area (Å²) >= 11 is 0. The highest BCUT2D eigenvalue weighted by Crippen LogP contribution is 2.31. The fourth-order valence-electron chi connectivity index (χ4n) is 2.71. The Balaban J connectivity index is 1.82. The predicted molar refractivity (Wildman–Crippen MR) is 79.5 cm³/mol. The smallest absolute Gasteiger partial charge is 0.220 e. The van der Waals surface area contributed by atoms with Gasteiger partial charge in [-0.1, -0.05) is 31.5 Å². The van der Waals surface area contributed by atoms with Crippen molar-refractivity contribution in [1.82, 2.24) is 5.32 Å². The zero-order valence-electron chi connectivity index (χ0n) is 12.0. The van der Waals surface area contributed by atoms with Gasteiger partial charge >= 0.3 is 0 Å². The van der Waals surface area contributed by atoms with E-state index in [1.165, 1.54) is 11.3 Å². The summed E-state index contributed by atoms with van der Waals surface area (Å²) in [4.78, 5) is 14.0. The van der Waals surface area contributed by atoms with Crippen molar-refractivity contribution in [2.75, 3.05) is 18.0 Å². The molecule has 1 aromatic rings. The van der Waals surface area contributed by atoms with Gasteiger partial charge in [-0.25, -0.2) is 0 Å². The van der Waals surface area contributed by atoms with Crippen LogP contribution in [-0.2, 0) is 11.2 Å². The molecular formula is C16H24N2O. The molecule has 19 heavy (non-hydrogen) atoms. The number of carbonyl (C=O) groups is 1. The average Bonchev–Trinajstić information content (AvgIpc) is 2.73. The lowest BCUT2D eigenvalue weighted by molar-refractivity contribution is -0.121.